The Kier molecular flexibility index (Phi) is 4.34. The molecule has 0 bridgehead atoms. The molecule has 2 rings (SSSR count). The second kappa shape index (κ2) is 5.78. The van der Waals surface area contributed by atoms with Gasteiger partial charge < -0.3 is 4.74 Å². The Morgan fingerprint density at radius 1 is 1.41 bits per heavy atom. The molecule has 0 saturated carbocycles. The number of rotatable bonds is 3. The average Bonchev–Trinajstić information content (AvgIpc) is 2.37. The summed E-state index contributed by atoms with van der Waals surface area (Å²) in [6, 6.07) is 4.69. The summed E-state index contributed by atoms with van der Waals surface area (Å²) in [5, 5.41) is 0.155. The summed E-state index contributed by atoms with van der Waals surface area (Å²) in [5.41, 5.74) is 3.47. The SMILES string of the molecule is NNC(c1cccc(F)c1Cl)C1CCOCC1. The molecular weight excluding hydrogens is 243 g/mol. The first-order chi connectivity index (χ1) is 8.24. The van der Waals surface area contributed by atoms with Crippen LogP contribution in [0.25, 0.3) is 0 Å². The molecule has 1 aromatic rings. The summed E-state index contributed by atoms with van der Waals surface area (Å²) in [6.07, 6.45) is 1.81. The maximum Gasteiger partial charge on any atom is 0.142 e. The topological polar surface area (TPSA) is 47.3 Å². The molecule has 1 saturated heterocycles. The Balaban J connectivity index is 2.24. The molecule has 1 aliphatic heterocycles. The lowest BCUT2D eigenvalue weighted by atomic mass is 9.87. The van der Waals surface area contributed by atoms with E-state index in [0.29, 0.717) is 5.92 Å². The molecule has 0 spiro atoms. The molecule has 0 aliphatic carbocycles. The average molecular weight is 259 g/mol. The first kappa shape index (κ1) is 12.8. The van der Waals surface area contributed by atoms with Gasteiger partial charge in [-0.15, -0.1) is 0 Å². The van der Waals surface area contributed by atoms with E-state index in [0.717, 1.165) is 31.6 Å². The van der Waals surface area contributed by atoms with E-state index in [1.807, 2.05) is 6.07 Å². The monoisotopic (exact) mass is 258 g/mol. The smallest absolute Gasteiger partial charge is 0.142 e. The largest absolute Gasteiger partial charge is 0.381 e. The van der Waals surface area contributed by atoms with Crippen molar-refractivity contribution < 1.29 is 9.13 Å². The zero-order valence-corrected chi connectivity index (χ0v) is 10.2. The third-order valence-electron chi connectivity index (χ3n) is 3.23. The van der Waals surface area contributed by atoms with Crippen LogP contribution in [-0.4, -0.2) is 13.2 Å². The van der Waals surface area contributed by atoms with Crippen molar-refractivity contribution in [2.45, 2.75) is 18.9 Å². The Labute approximate surface area is 105 Å². The van der Waals surface area contributed by atoms with Crippen LogP contribution in [0.5, 0.6) is 0 Å². The molecule has 17 heavy (non-hydrogen) atoms. The highest BCUT2D eigenvalue weighted by Gasteiger charge is 2.26. The van der Waals surface area contributed by atoms with Crippen LogP contribution in [0.2, 0.25) is 5.02 Å². The van der Waals surface area contributed by atoms with Gasteiger partial charge in [0.15, 0.2) is 0 Å². The number of benzene rings is 1. The third-order valence-corrected chi connectivity index (χ3v) is 3.63. The van der Waals surface area contributed by atoms with Crippen molar-refractivity contribution in [2.24, 2.45) is 11.8 Å². The zero-order chi connectivity index (χ0) is 12.3. The number of ether oxygens (including phenoxy) is 1. The van der Waals surface area contributed by atoms with E-state index in [1.165, 1.54) is 6.07 Å². The van der Waals surface area contributed by atoms with Crippen LogP contribution < -0.4 is 11.3 Å². The normalized spacial score (nSPS) is 19.2. The summed E-state index contributed by atoms with van der Waals surface area (Å²) < 4.78 is 18.7. The minimum atomic E-state index is -0.406. The summed E-state index contributed by atoms with van der Waals surface area (Å²) >= 11 is 5.98. The van der Waals surface area contributed by atoms with E-state index in [2.05, 4.69) is 5.43 Å². The van der Waals surface area contributed by atoms with Gasteiger partial charge in [0.2, 0.25) is 0 Å². The highest BCUT2D eigenvalue weighted by molar-refractivity contribution is 6.31. The van der Waals surface area contributed by atoms with E-state index in [-0.39, 0.29) is 11.1 Å². The number of hydrogen-bond donors (Lipinski definition) is 2. The van der Waals surface area contributed by atoms with Crippen LogP contribution in [0, 0.1) is 11.7 Å². The fourth-order valence-corrected chi connectivity index (χ4v) is 2.53. The van der Waals surface area contributed by atoms with E-state index in [4.69, 9.17) is 22.2 Å². The van der Waals surface area contributed by atoms with E-state index < -0.39 is 5.82 Å². The number of nitrogens with two attached hydrogens (primary N) is 1. The van der Waals surface area contributed by atoms with E-state index in [9.17, 15) is 4.39 Å². The van der Waals surface area contributed by atoms with Crippen molar-refractivity contribution in [3.05, 3.63) is 34.6 Å². The summed E-state index contributed by atoms with van der Waals surface area (Å²) in [4.78, 5) is 0. The molecule has 1 aromatic carbocycles. The molecule has 1 aliphatic rings. The van der Waals surface area contributed by atoms with Gasteiger partial charge in [-0.1, -0.05) is 23.7 Å². The minimum absolute atomic E-state index is 0.123. The number of hydrazine groups is 1. The first-order valence-corrected chi connectivity index (χ1v) is 6.09. The quantitative estimate of drug-likeness (QED) is 0.647. The number of nitrogens with one attached hydrogen (secondary N) is 1. The van der Waals surface area contributed by atoms with Crippen molar-refractivity contribution in [2.75, 3.05) is 13.2 Å². The van der Waals surface area contributed by atoms with Crippen molar-refractivity contribution in [3.8, 4) is 0 Å². The number of hydrogen-bond acceptors (Lipinski definition) is 3. The molecule has 3 N–H and O–H groups in total. The van der Waals surface area contributed by atoms with Crippen molar-refractivity contribution >= 4 is 11.6 Å². The third kappa shape index (κ3) is 2.77. The van der Waals surface area contributed by atoms with Gasteiger partial charge in [0.25, 0.3) is 0 Å². The molecule has 5 heteroatoms. The lowest BCUT2D eigenvalue weighted by Crippen LogP contribution is -2.36. The Bertz CT molecular complexity index is 383. The molecule has 1 heterocycles. The van der Waals surface area contributed by atoms with Gasteiger partial charge in [0.05, 0.1) is 11.1 Å². The Hall–Kier alpha value is -0.680. The van der Waals surface area contributed by atoms with Crippen LogP contribution in [0.1, 0.15) is 24.4 Å². The van der Waals surface area contributed by atoms with Crippen molar-refractivity contribution in [3.63, 3.8) is 0 Å². The van der Waals surface area contributed by atoms with E-state index >= 15 is 0 Å². The lowest BCUT2D eigenvalue weighted by Gasteiger charge is -2.30. The van der Waals surface area contributed by atoms with Gasteiger partial charge in [-0.05, 0) is 30.4 Å². The molecule has 3 nitrogen and oxygen atoms in total. The molecule has 1 unspecified atom stereocenters. The molecular formula is C12H16ClFN2O. The van der Waals surface area contributed by atoms with Gasteiger partial charge in [0, 0.05) is 13.2 Å². The Morgan fingerprint density at radius 2 is 2.12 bits per heavy atom. The van der Waals surface area contributed by atoms with Gasteiger partial charge >= 0.3 is 0 Å². The maximum atomic E-state index is 13.4. The molecule has 1 atom stereocenters. The fourth-order valence-electron chi connectivity index (χ4n) is 2.29. The molecule has 94 valence electrons. The maximum absolute atomic E-state index is 13.4. The Morgan fingerprint density at radius 3 is 2.76 bits per heavy atom. The zero-order valence-electron chi connectivity index (χ0n) is 9.46. The predicted molar refractivity (Wildman–Crippen MR) is 65.0 cm³/mol. The molecule has 0 amide bonds. The van der Waals surface area contributed by atoms with Gasteiger partial charge in [-0.3, -0.25) is 11.3 Å². The van der Waals surface area contributed by atoms with Gasteiger partial charge in [-0.25, -0.2) is 4.39 Å². The molecule has 1 fully saturated rings. The fraction of sp³-hybridized carbons (Fsp3) is 0.500. The van der Waals surface area contributed by atoms with Crippen molar-refractivity contribution in [1.29, 1.82) is 0 Å². The van der Waals surface area contributed by atoms with Crippen LogP contribution in [0.4, 0.5) is 4.39 Å². The summed E-state index contributed by atoms with van der Waals surface area (Å²) in [7, 11) is 0. The van der Waals surface area contributed by atoms with Crippen LogP contribution in [0.15, 0.2) is 18.2 Å². The van der Waals surface area contributed by atoms with Crippen molar-refractivity contribution in [1.82, 2.24) is 5.43 Å². The summed E-state index contributed by atoms with van der Waals surface area (Å²) in [6.45, 7) is 1.44. The van der Waals surface area contributed by atoms with Crippen LogP contribution in [0.3, 0.4) is 0 Å². The summed E-state index contributed by atoms with van der Waals surface area (Å²) in [5.74, 6) is 5.50. The predicted octanol–water partition coefficient (Wildman–Crippen LogP) is 2.41. The molecule has 0 aromatic heterocycles. The van der Waals surface area contributed by atoms with Gasteiger partial charge in [0.1, 0.15) is 5.82 Å². The highest BCUT2D eigenvalue weighted by Crippen LogP contribution is 2.34. The van der Waals surface area contributed by atoms with Gasteiger partial charge in [-0.2, -0.15) is 0 Å². The van der Waals surface area contributed by atoms with E-state index in [1.54, 1.807) is 6.07 Å². The lowest BCUT2D eigenvalue weighted by molar-refractivity contribution is 0.0536. The van der Waals surface area contributed by atoms with Crippen LogP contribution >= 0.6 is 11.6 Å². The minimum Gasteiger partial charge on any atom is -0.381 e. The highest BCUT2D eigenvalue weighted by atomic mass is 35.5. The second-order valence-corrected chi connectivity index (χ2v) is 4.62. The number of halogens is 2. The first-order valence-electron chi connectivity index (χ1n) is 5.72. The standard InChI is InChI=1S/C12H16ClFN2O/c13-11-9(2-1-3-10(11)14)12(16-15)8-4-6-17-7-5-8/h1-3,8,12,16H,4-7,15H2. The second-order valence-electron chi connectivity index (χ2n) is 4.24. The van der Waals surface area contributed by atoms with Crippen LogP contribution in [-0.2, 0) is 4.74 Å². The molecule has 0 radical (unpaired) electrons.